The zero-order valence-corrected chi connectivity index (χ0v) is 40.5. The molecule has 0 amide bonds. The molecule has 0 saturated carbocycles. The molecule has 0 bridgehead atoms. The van der Waals surface area contributed by atoms with Gasteiger partial charge in [0, 0.05) is 50.9 Å². The lowest BCUT2D eigenvalue weighted by Gasteiger charge is -2.42. The molecule has 70 heavy (non-hydrogen) atoms. The predicted octanol–water partition coefficient (Wildman–Crippen LogP) is 15.7. The minimum absolute atomic E-state index is 0.0577. The van der Waals surface area contributed by atoms with Gasteiger partial charge in [0.15, 0.2) is 5.58 Å². The number of aromatic nitrogens is 1. The van der Waals surface area contributed by atoms with Gasteiger partial charge in [-0.3, -0.25) is 0 Å². The molecule has 338 valence electrons. The van der Waals surface area contributed by atoms with Crippen molar-refractivity contribution >= 4 is 107 Å². The summed E-state index contributed by atoms with van der Waals surface area (Å²) in [5.41, 5.74) is 21.3. The summed E-state index contributed by atoms with van der Waals surface area (Å²) in [5.74, 6) is 0. The predicted molar refractivity (Wildman–Crippen MR) is 297 cm³/mol. The third-order valence-electron chi connectivity index (χ3n) is 14.6. The number of hydrogen-bond donors (Lipinski definition) is 0. The Morgan fingerprint density at radius 3 is 1.59 bits per heavy atom. The van der Waals surface area contributed by atoms with Gasteiger partial charge in [-0.25, -0.2) is 0 Å². The topological polar surface area (TPSA) is 27.8 Å². The maximum Gasteiger partial charge on any atom is 0.252 e. The van der Waals surface area contributed by atoms with Crippen LogP contribution in [0.25, 0.3) is 38.7 Å². The molecular weight excluding hydrogens is 852 g/mol. The molecule has 6 heteroatoms. The molecule has 9 aromatic carbocycles. The largest absolute Gasteiger partial charge is 0.454 e. The van der Waals surface area contributed by atoms with Gasteiger partial charge in [0.2, 0.25) is 0 Å². The molecule has 0 saturated heterocycles. The molecule has 0 N–H and O–H groups in total. The average Bonchev–Trinajstić information content (AvgIpc) is 3.92. The van der Waals surface area contributed by atoms with Crippen molar-refractivity contribution in [2.45, 2.75) is 52.4 Å². The second-order valence-corrected chi connectivity index (χ2v) is 21.0. The first-order valence-electron chi connectivity index (χ1n) is 24.6. The summed E-state index contributed by atoms with van der Waals surface area (Å²) in [6.07, 6.45) is 0. The first-order valence-corrected chi connectivity index (χ1v) is 24.6. The highest BCUT2D eigenvalue weighted by molar-refractivity contribution is 7.00. The number of benzene rings is 9. The highest BCUT2D eigenvalue weighted by Gasteiger charge is 2.44. The quantitative estimate of drug-likeness (QED) is 0.149. The first kappa shape index (κ1) is 41.9. The maximum absolute atomic E-state index is 7.23. The number of nitrogens with zero attached hydrogens (tertiary/aromatic N) is 4. The van der Waals surface area contributed by atoms with Crippen molar-refractivity contribution in [3.8, 4) is 5.69 Å². The van der Waals surface area contributed by atoms with Gasteiger partial charge < -0.3 is 23.7 Å². The highest BCUT2D eigenvalue weighted by Crippen LogP contribution is 2.51. The van der Waals surface area contributed by atoms with Crippen molar-refractivity contribution < 1.29 is 4.42 Å². The number of anilines is 9. The lowest BCUT2D eigenvalue weighted by Crippen LogP contribution is -2.60. The molecule has 5 nitrogen and oxygen atoms in total. The maximum atomic E-state index is 7.23. The zero-order chi connectivity index (χ0) is 47.5. The van der Waals surface area contributed by atoms with Crippen LogP contribution in [0.15, 0.2) is 217 Å². The monoisotopic (exact) mass is 904 g/mol. The molecule has 2 aliphatic heterocycles. The molecule has 0 atom stereocenters. The summed E-state index contributed by atoms with van der Waals surface area (Å²) in [6.45, 7) is 13.8. The van der Waals surface area contributed by atoms with Crippen molar-refractivity contribution in [2.75, 3.05) is 14.7 Å². The van der Waals surface area contributed by atoms with Gasteiger partial charge in [0.25, 0.3) is 6.71 Å². The van der Waals surface area contributed by atoms with Crippen LogP contribution in [0.5, 0.6) is 0 Å². The number of para-hydroxylation sites is 5. The molecule has 0 aliphatic carbocycles. The van der Waals surface area contributed by atoms with Gasteiger partial charge in [-0.1, -0.05) is 157 Å². The van der Waals surface area contributed by atoms with Gasteiger partial charge in [-0.05, 0) is 135 Å². The number of fused-ring (bicyclic) bond motifs is 9. The third kappa shape index (κ3) is 6.46. The van der Waals surface area contributed by atoms with Crippen LogP contribution >= 0.6 is 0 Å². The standard InChI is InChI=1S/C64H53BN4O/c1-63(2,3)42-22-21-31-48(38-42)68-54-39-43(64(4,5)6)34-35-51(54)65-52-36-37-53(67(46-27-15-9-16-28-46)47-29-17-10-18-30-47)58-61(52)69(60-50-32-19-20-33-57(50)70-62(58)60)56-41-49(40-55(68)59(56)65)66(44-23-11-7-12-24-44)45-25-13-8-14-26-45/h7-41H,1-6H3. The fourth-order valence-electron chi connectivity index (χ4n) is 11.3. The lowest BCUT2D eigenvalue weighted by molar-refractivity contribution is 0.590. The summed E-state index contributed by atoms with van der Waals surface area (Å²) in [4.78, 5) is 7.39. The van der Waals surface area contributed by atoms with Crippen LogP contribution in [0.2, 0.25) is 0 Å². The van der Waals surface area contributed by atoms with Crippen LogP contribution in [0.3, 0.4) is 0 Å². The van der Waals surface area contributed by atoms with E-state index in [0.717, 1.165) is 84.2 Å². The Hall–Kier alpha value is -8.22. The highest BCUT2D eigenvalue weighted by atomic mass is 16.3. The average molecular weight is 905 g/mol. The van der Waals surface area contributed by atoms with Crippen molar-refractivity contribution in [3.63, 3.8) is 0 Å². The fourth-order valence-corrected chi connectivity index (χ4v) is 11.3. The van der Waals surface area contributed by atoms with Gasteiger partial charge >= 0.3 is 0 Å². The zero-order valence-electron chi connectivity index (χ0n) is 40.5. The van der Waals surface area contributed by atoms with Gasteiger partial charge in [-0.2, -0.15) is 0 Å². The van der Waals surface area contributed by atoms with Crippen molar-refractivity contribution in [1.82, 2.24) is 4.57 Å². The SMILES string of the molecule is CC(C)(C)c1cccc(N2c3cc(C(C)(C)C)ccc3B3c4c2cc(N(c2ccccc2)c2ccccc2)cc4-n2c4c3ccc(N(c3ccccc3)c3ccccc3)c4c3oc4ccccc4c32)c1. The van der Waals surface area contributed by atoms with E-state index in [2.05, 4.69) is 273 Å². The fraction of sp³-hybridized carbons (Fsp3) is 0.125. The second-order valence-electron chi connectivity index (χ2n) is 21.0. The number of hydrogen-bond acceptors (Lipinski definition) is 4. The Bertz CT molecular complexity index is 3730. The van der Waals surface area contributed by atoms with Gasteiger partial charge in [0.1, 0.15) is 11.1 Å². The molecule has 2 aromatic heterocycles. The summed E-state index contributed by atoms with van der Waals surface area (Å²) in [7, 11) is 0. The lowest BCUT2D eigenvalue weighted by atomic mass is 9.33. The van der Waals surface area contributed by atoms with Crippen molar-refractivity contribution in [3.05, 3.63) is 223 Å². The van der Waals surface area contributed by atoms with Crippen molar-refractivity contribution in [1.29, 1.82) is 0 Å². The van der Waals surface area contributed by atoms with Crippen LogP contribution in [-0.2, 0) is 10.8 Å². The minimum atomic E-state index is -0.0942. The van der Waals surface area contributed by atoms with Crippen LogP contribution < -0.4 is 31.1 Å². The Labute approximate surface area is 410 Å². The Kier molecular flexibility index (Phi) is 9.38. The molecule has 0 fully saturated rings. The molecule has 2 aliphatic rings. The third-order valence-corrected chi connectivity index (χ3v) is 14.6. The minimum Gasteiger partial charge on any atom is -0.454 e. The van der Waals surface area contributed by atoms with E-state index in [-0.39, 0.29) is 17.5 Å². The summed E-state index contributed by atoms with van der Waals surface area (Å²) in [5, 5.41) is 2.17. The van der Waals surface area contributed by atoms with Crippen LogP contribution in [0, 0.1) is 0 Å². The van der Waals surface area contributed by atoms with E-state index in [4.69, 9.17) is 4.42 Å². The smallest absolute Gasteiger partial charge is 0.252 e. The molecular formula is C64H53BN4O. The molecule has 0 unspecified atom stereocenters. The van der Waals surface area contributed by atoms with E-state index < -0.39 is 0 Å². The Morgan fingerprint density at radius 1 is 0.429 bits per heavy atom. The van der Waals surface area contributed by atoms with Gasteiger partial charge in [0.05, 0.1) is 22.3 Å². The number of rotatable bonds is 7. The molecule has 13 rings (SSSR count). The number of furan rings is 1. The second kappa shape index (κ2) is 15.7. The molecule has 0 spiro atoms. The van der Waals surface area contributed by atoms with E-state index >= 15 is 0 Å². The Morgan fingerprint density at radius 2 is 0.971 bits per heavy atom. The van der Waals surface area contributed by atoms with Gasteiger partial charge in [-0.15, -0.1) is 0 Å². The molecule has 0 radical (unpaired) electrons. The van der Waals surface area contributed by atoms with E-state index in [1.807, 2.05) is 0 Å². The van der Waals surface area contributed by atoms with Crippen LogP contribution in [0.1, 0.15) is 52.7 Å². The first-order chi connectivity index (χ1) is 34.0. The molecule has 4 heterocycles. The van der Waals surface area contributed by atoms with Crippen LogP contribution in [0.4, 0.5) is 51.2 Å². The van der Waals surface area contributed by atoms with E-state index in [9.17, 15) is 0 Å². The summed E-state index contributed by atoms with van der Waals surface area (Å²) >= 11 is 0. The van der Waals surface area contributed by atoms with Crippen molar-refractivity contribution in [2.24, 2.45) is 0 Å². The van der Waals surface area contributed by atoms with E-state index in [0.29, 0.717) is 0 Å². The Balaban J connectivity index is 1.22. The summed E-state index contributed by atoms with van der Waals surface area (Å²) in [6, 6.07) is 77.9. The van der Waals surface area contributed by atoms with Crippen LogP contribution in [-0.4, -0.2) is 11.3 Å². The normalized spacial score (nSPS) is 12.9. The summed E-state index contributed by atoms with van der Waals surface area (Å²) < 4.78 is 9.79. The van der Waals surface area contributed by atoms with E-state index in [1.54, 1.807) is 0 Å². The molecule has 11 aromatic rings. The van der Waals surface area contributed by atoms with E-state index in [1.165, 1.54) is 33.2 Å².